The predicted octanol–water partition coefficient (Wildman–Crippen LogP) is 2.50. The Kier molecular flexibility index (Phi) is 4.28. The summed E-state index contributed by atoms with van der Waals surface area (Å²) in [6.07, 6.45) is -1.27. The topological polar surface area (TPSA) is 90.0 Å². The van der Waals surface area contributed by atoms with Crippen LogP contribution in [0.5, 0.6) is 0 Å². The summed E-state index contributed by atoms with van der Waals surface area (Å²) < 4.78 is 36.5. The molecule has 0 aromatic heterocycles. The first-order chi connectivity index (χ1) is 13.2. The fourth-order valence-electron chi connectivity index (χ4n) is 3.51. The number of fused-ring (bicyclic) bond motifs is 1. The van der Waals surface area contributed by atoms with Crippen LogP contribution in [0.15, 0.2) is 64.4 Å². The van der Waals surface area contributed by atoms with E-state index in [1.54, 1.807) is 44.3 Å². The molecule has 2 aliphatic rings. The molecule has 0 saturated carbocycles. The Balaban J connectivity index is 1.64. The molecule has 0 N–H and O–H groups in total. The van der Waals surface area contributed by atoms with E-state index in [1.165, 1.54) is 29.2 Å². The molecule has 2 heterocycles. The Labute approximate surface area is 162 Å². The lowest BCUT2D eigenvalue weighted by Gasteiger charge is -2.38. The number of ether oxygens (including phenoxy) is 2. The van der Waals surface area contributed by atoms with Gasteiger partial charge in [0.15, 0.2) is 11.4 Å². The second-order valence-corrected chi connectivity index (χ2v) is 9.00. The van der Waals surface area contributed by atoms with Gasteiger partial charge in [0, 0.05) is 13.5 Å². The molecule has 2 aromatic carbocycles. The molecule has 4 rings (SSSR count). The van der Waals surface area contributed by atoms with Gasteiger partial charge in [-0.3, -0.25) is 4.79 Å². The summed E-state index contributed by atoms with van der Waals surface area (Å²) in [5.41, 5.74) is -0.810. The minimum atomic E-state index is -3.65. The molecule has 146 valence electrons. The number of sulfone groups is 1. The maximum Gasteiger partial charge on any atom is 0.412 e. The van der Waals surface area contributed by atoms with Crippen LogP contribution in [0.2, 0.25) is 0 Å². The van der Waals surface area contributed by atoms with Crippen LogP contribution in [0, 0.1) is 0 Å². The standard InChI is InChI=1S/C20H19NO6S/c1-20(17(22)12-16-18(27-20)26-19(23)21(16)2)13-8-10-15(11-9-13)28(24,25)14-6-4-3-5-7-14/h3-11,16,18H,12H2,1-2H3. The van der Waals surface area contributed by atoms with Gasteiger partial charge in [0.2, 0.25) is 16.1 Å². The van der Waals surface area contributed by atoms with E-state index in [0.29, 0.717) is 5.56 Å². The lowest BCUT2D eigenvalue weighted by molar-refractivity contribution is -0.205. The maximum atomic E-state index is 12.8. The summed E-state index contributed by atoms with van der Waals surface area (Å²) in [6.45, 7) is 1.61. The number of ketones is 1. The van der Waals surface area contributed by atoms with E-state index >= 15 is 0 Å². The summed E-state index contributed by atoms with van der Waals surface area (Å²) in [5, 5.41) is 0. The molecule has 0 aliphatic carbocycles. The first-order valence-corrected chi connectivity index (χ1v) is 10.3. The molecule has 0 bridgehead atoms. The monoisotopic (exact) mass is 401 g/mol. The van der Waals surface area contributed by atoms with Crippen LogP contribution in [-0.4, -0.2) is 44.6 Å². The molecular formula is C20H19NO6S. The number of hydrogen-bond donors (Lipinski definition) is 0. The van der Waals surface area contributed by atoms with E-state index in [0.717, 1.165) is 0 Å². The number of carbonyl (C=O) groups is 2. The zero-order chi connectivity index (χ0) is 20.1. The van der Waals surface area contributed by atoms with Gasteiger partial charge in [0.25, 0.3) is 0 Å². The molecule has 3 unspecified atom stereocenters. The summed E-state index contributed by atoms with van der Waals surface area (Å²) >= 11 is 0. The van der Waals surface area contributed by atoms with Gasteiger partial charge in [-0.1, -0.05) is 30.3 Å². The number of Topliss-reactive ketones (excluding diaryl/α,β-unsaturated/α-hetero) is 1. The molecule has 28 heavy (non-hydrogen) atoms. The van der Waals surface area contributed by atoms with E-state index in [1.807, 2.05) is 0 Å². The molecule has 2 saturated heterocycles. The van der Waals surface area contributed by atoms with Gasteiger partial charge in [0.05, 0.1) is 9.79 Å². The molecule has 1 amide bonds. The number of nitrogens with zero attached hydrogens (tertiary/aromatic N) is 1. The summed E-state index contributed by atoms with van der Waals surface area (Å²) in [6, 6.07) is 13.7. The maximum absolute atomic E-state index is 12.8. The van der Waals surface area contributed by atoms with E-state index < -0.39 is 33.9 Å². The lowest BCUT2D eigenvalue weighted by atomic mass is 9.85. The molecule has 3 atom stereocenters. The Morgan fingerprint density at radius 3 is 2.25 bits per heavy atom. The van der Waals surface area contributed by atoms with Crippen molar-refractivity contribution in [2.75, 3.05) is 7.05 Å². The highest BCUT2D eigenvalue weighted by Gasteiger charge is 2.53. The van der Waals surface area contributed by atoms with Gasteiger partial charge in [-0.25, -0.2) is 13.2 Å². The third-order valence-corrected chi connectivity index (χ3v) is 7.15. The minimum Gasteiger partial charge on any atom is -0.417 e. The van der Waals surface area contributed by atoms with Gasteiger partial charge in [-0.05, 0) is 36.8 Å². The van der Waals surface area contributed by atoms with Crippen molar-refractivity contribution in [1.82, 2.24) is 4.90 Å². The van der Waals surface area contributed by atoms with Gasteiger partial charge in [0.1, 0.15) is 6.04 Å². The first kappa shape index (κ1) is 18.6. The average Bonchev–Trinajstić information content (AvgIpc) is 2.96. The third kappa shape index (κ3) is 2.80. The highest BCUT2D eigenvalue weighted by atomic mass is 32.2. The Bertz CT molecular complexity index is 1030. The number of benzene rings is 2. The third-order valence-electron chi connectivity index (χ3n) is 5.36. The van der Waals surface area contributed by atoms with Gasteiger partial charge in [-0.2, -0.15) is 0 Å². The van der Waals surface area contributed by atoms with Gasteiger partial charge in [-0.15, -0.1) is 0 Å². The molecule has 8 heteroatoms. The largest absolute Gasteiger partial charge is 0.417 e. The molecule has 0 spiro atoms. The van der Waals surface area contributed by atoms with Crippen molar-refractivity contribution in [2.45, 2.75) is 41.1 Å². The van der Waals surface area contributed by atoms with Crippen molar-refractivity contribution in [3.63, 3.8) is 0 Å². The van der Waals surface area contributed by atoms with Gasteiger partial charge >= 0.3 is 6.09 Å². The highest BCUT2D eigenvalue weighted by molar-refractivity contribution is 7.91. The fraction of sp³-hybridized carbons (Fsp3) is 0.300. The van der Waals surface area contributed by atoms with E-state index in [4.69, 9.17) is 9.47 Å². The van der Waals surface area contributed by atoms with Crippen molar-refractivity contribution < 1.29 is 27.5 Å². The number of rotatable bonds is 3. The average molecular weight is 401 g/mol. The zero-order valence-corrected chi connectivity index (χ0v) is 16.2. The van der Waals surface area contributed by atoms with Crippen LogP contribution < -0.4 is 0 Å². The SMILES string of the molecule is CN1C(=O)OC2OC(C)(c3ccc(S(=O)(=O)c4ccccc4)cc3)C(=O)CC21. The van der Waals surface area contributed by atoms with Crippen molar-refractivity contribution in [2.24, 2.45) is 0 Å². The van der Waals surface area contributed by atoms with Crippen molar-refractivity contribution in [3.8, 4) is 0 Å². The van der Waals surface area contributed by atoms with Crippen LogP contribution in [0.25, 0.3) is 0 Å². The predicted molar refractivity (Wildman–Crippen MR) is 98.2 cm³/mol. The van der Waals surface area contributed by atoms with Gasteiger partial charge < -0.3 is 14.4 Å². The highest BCUT2D eigenvalue weighted by Crippen LogP contribution is 2.39. The summed E-state index contributed by atoms with van der Waals surface area (Å²) in [4.78, 5) is 26.2. The van der Waals surface area contributed by atoms with E-state index in [2.05, 4.69) is 0 Å². The molecule has 0 radical (unpaired) electrons. The van der Waals surface area contributed by atoms with Crippen molar-refractivity contribution >= 4 is 21.7 Å². The number of carbonyl (C=O) groups excluding carboxylic acids is 2. The lowest BCUT2D eigenvalue weighted by Crippen LogP contribution is -2.51. The first-order valence-electron chi connectivity index (χ1n) is 8.79. The minimum absolute atomic E-state index is 0.105. The number of hydrogen-bond acceptors (Lipinski definition) is 6. The van der Waals surface area contributed by atoms with E-state index in [9.17, 15) is 18.0 Å². The Hall–Kier alpha value is -2.71. The molecule has 2 aromatic rings. The molecular weight excluding hydrogens is 382 g/mol. The molecule has 2 aliphatic heterocycles. The second-order valence-electron chi connectivity index (χ2n) is 7.05. The smallest absolute Gasteiger partial charge is 0.412 e. The fourth-order valence-corrected chi connectivity index (χ4v) is 4.80. The van der Waals surface area contributed by atoms with Crippen LogP contribution >= 0.6 is 0 Å². The van der Waals surface area contributed by atoms with Crippen LogP contribution in [0.1, 0.15) is 18.9 Å². The summed E-state index contributed by atoms with van der Waals surface area (Å²) in [5.74, 6) is -0.197. The second kappa shape index (κ2) is 6.42. The normalized spacial score (nSPS) is 27.4. The zero-order valence-electron chi connectivity index (χ0n) is 15.4. The quantitative estimate of drug-likeness (QED) is 0.785. The van der Waals surface area contributed by atoms with Crippen LogP contribution in [-0.2, 0) is 29.7 Å². The number of likely N-dealkylation sites (N-methyl/N-ethyl adjacent to an activating group) is 1. The Morgan fingerprint density at radius 1 is 1.00 bits per heavy atom. The molecule has 2 fully saturated rings. The molecule has 7 nitrogen and oxygen atoms in total. The van der Waals surface area contributed by atoms with Crippen molar-refractivity contribution in [1.29, 1.82) is 0 Å². The Morgan fingerprint density at radius 2 is 1.61 bits per heavy atom. The van der Waals surface area contributed by atoms with E-state index in [-0.39, 0.29) is 22.0 Å². The van der Waals surface area contributed by atoms with Crippen molar-refractivity contribution in [3.05, 3.63) is 60.2 Å². The van der Waals surface area contributed by atoms with Crippen LogP contribution in [0.4, 0.5) is 4.79 Å². The van der Waals surface area contributed by atoms with Crippen LogP contribution in [0.3, 0.4) is 0 Å². The summed E-state index contributed by atoms with van der Waals surface area (Å²) in [7, 11) is -2.09. The number of amides is 1.